The van der Waals surface area contributed by atoms with E-state index in [1.54, 1.807) is 0 Å². The van der Waals surface area contributed by atoms with Gasteiger partial charge in [0.2, 0.25) is 23.6 Å². The fraction of sp³-hybridized carbons (Fsp3) is 0.600. The number of carbonyl (C=O) groups is 8. The first kappa shape index (κ1) is 35.1. The Morgan fingerprint density at radius 2 is 0.884 bits per heavy atom. The molecule has 0 aromatic rings. The number of nitrogens with zero attached hydrogens (tertiary/aromatic N) is 2. The first-order chi connectivity index (χ1) is 19.7. The first-order valence-electron chi connectivity index (χ1n) is 11.8. The Labute approximate surface area is 241 Å². The van der Waals surface area contributed by atoms with Gasteiger partial charge in [0.25, 0.3) is 9.74 Å². The quantitative estimate of drug-likeness (QED) is 0.0540. The molecular weight excluding hydrogens is 636 g/mol. The number of esters is 2. The lowest BCUT2D eigenvalue weighted by atomic mass is 10.1. The van der Waals surface area contributed by atoms with Gasteiger partial charge in [-0.15, -0.1) is 0 Å². The summed E-state index contributed by atoms with van der Waals surface area (Å²) in [5.74, 6) is -13.2. The van der Waals surface area contributed by atoms with Gasteiger partial charge < -0.3 is 24.4 Å². The van der Waals surface area contributed by atoms with Crippen molar-refractivity contribution in [3.8, 4) is 0 Å². The van der Waals surface area contributed by atoms with Crippen LogP contribution in [0.25, 0.3) is 0 Å². The number of amides is 4. The Kier molecular flexibility index (Phi) is 10.7. The number of carboxylic acid groups (broad SMARTS) is 2. The summed E-state index contributed by atoms with van der Waals surface area (Å²) in [6.07, 6.45) is -5.89. The Hall–Kier alpha value is -4.06. The molecular formula is C20H24N2O19S2. The van der Waals surface area contributed by atoms with E-state index < -0.39 is 142 Å². The number of imide groups is 2. The molecule has 23 heteroatoms. The van der Waals surface area contributed by atoms with E-state index in [1.165, 1.54) is 0 Å². The summed E-state index contributed by atoms with van der Waals surface area (Å²) in [5.41, 5.74) is 0. The molecule has 0 radical (unpaired) electrons. The average Bonchev–Trinajstić information content (AvgIpc) is 3.38. The highest BCUT2D eigenvalue weighted by Crippen LogP contribution is 2.34. The van der Waals surface area contributed by atoms with Crippen molar-refractivity contribution in [1.29, 1.82) is 0 Å². The average molecular weight is 661 g/mol. The van der Waals surface area contributed by atoms with Crippen LogP contribution in [0.3, 0.4) is 0 Å². The zero-order valence-electron chi connectivity index (χ0n) is 21.7. The lowest BCUT2D eigenvalue weighted by molar-refractivity contribution is -0.167. The Morgan fingerprint density at radius 1 is 0.605 bits per heavy atom. The molecule has 0 saturated carbocycles. The van der Waals surface area contributed by atoms with Crippen molar-refractivity contribution in [2.45, 2.75) is 48.3 Å². The molecule has 2 saturated heterocycles. The molecule has 2 aliphatic heterocycles. The largest absolute Gasteiger partial charge is 0.481 e. The molecule has 0 aromatic carbocycles. The molecule has 0 spiro atoms. The van der Waals surface area contributed by atoms with Crippen molar-refractivity contribution in [3.05, 3.63) is 0 Å². The van der Waals surface area contributed by atoms with Crippen LogP contribution in [0.4, 0.5) is 0 Å². The second-order valence-corrected chi connectivity index (χ2v) is 12.0. The Morgan fingerprint density at radius 3 is 1.12 bits per heavy atom. The van der Waals surface area contributed by atoms with Gasteiger partial charge >= 0.3 is 44.1 Å². The van der Waals surface area contributed by atoms with Gasteiger partial charge in [-0.3, -0.25) is 37.9 Å². The lowest BCUT2D eigenvalue weighted by Crippen LogP contribution is -2.63. The molecule has 2 heterocycles. The first-order valence-corrected chi connectivity index (χ1v) is 14.6. The van der Waals surface area contributed by atoms with Crippen LogP contribution in [-0.4, -0.2) is 130 Å². The van der Waals surface area contributed by atoms with Crippen LogP contribution in [0.1, 0.15) is 38.5 Å². The van der Waals surface area contributed by atoms with Gasteiger partial charge in [0.05, 0.1) is 26.1 Å². The molecule has 2 aliphatic rings. The number of hydrogen-bond acceptors (Lipinski definition) is 15. The van der Waals surface area contributed by atoms with E-state index in [1.807, 2.05) is 0 Å². The van der Waals surface area contributed by atoms with Crippen molar-refractivity contribution in [3.63, 3.8) is 0 Å². The molecule has 0 aliphatic carbocycles. The van der Waals surface area contributed by atoms with Gasteiger partial charge in [-0.1, -0.05) is 0 Å². The highest BCUT2D eigenvalue weighted by molar-refractivity contribution is 7.88. The zero-order chi connectivity index (χ0) is 33.0. The molecule has 240 valence electrons. The topological polar surface area (TPSA) is 320 Å². The molecule has 0 bridgehead atoms. The van der Waals surface area contributed by atoms with E-state index in [2.05, 4.69) is 9.47 Å². The number of likely N-dealkylation sites (tertiary alicyclic amines) is 2. The second-order valence-electron chi connectivity index (χ2n) is 8.79. The predicted octanol–water partition coefficient (Wildman–Crippen LogP) is -3.49. The third-order valence-electron chi connectivity index (χ3n) is 6.02. The molecule has 4 N–H and O–H groups in total. The summed E-state index contributed by atoms with van der Waals surface area (Å²) < 4.78 is 82.1. The van der Waals surface area contributed by atoms with Gasteiger partial charge in [-0.25, -0.2) is 19.4 Å². The number of aliphatic carboxylic acids is 2. The molecule has 2 atom stereocenters. The summed E-state index contributed by atoms with van der Waals surface area (Å²) in [5, 5.41) is 18.3. The number of carbonyl (C=O) groups excluding carboxylic acids is 6. The highest BCUT2D eigenvalue weighted by atomic mass is 32.2. The number of hydrogen-bond donors (Lipinski definition) is 4. The van der Waals surface area contributed by atoms with E-state index in [0.29, 0.717) is 0 Å². The minimum absolute atomic E-state index is 0.215. The lowest BCUT2D eigenvalue weighted by Gasteiger charge is -2.34. The minimum Gasteiger partial charge on any atom is -0.481 e. The van der Waals surface area contributed by atoms with Crippen molar-refractivity contribution in [2.75, 3.05) is 26.4 Å². The van der Waals surface area contributed by atoms with Crippen LogP contribution in [0.15, 0.2) is 0 Å². The monoisotopic (exact) mass is 660 g/mol. The van der Waals surface area contributed by atoms with Crippen LogP contribution in [0, 0.1) is 0 Å². The van der Waals surface area contributed by atoms with E-state index >= 15 is 0 Å². The molecule has 2 rings (SSSR count). The fourth-order valence-electron chi connectivity index (χ4n) is 4.19. The number of rotatable bonds is 16. The maximum absolute atomic E-state index is 12.7. The SMILES string of the molecule is O=C(O)CC(C(=O)OCCOCCOC(=O)C(CC(=O)O)(N1C(=O)CCC1=O)S(=O)(=O)O)(N1C(=O)CCC1=O)S(=O)(=O)O. The predicted molar refractivity (Wildman–Crippen MR) is 128 cm³/mol. The Balaban J connectivity index is 2.08. The highest BCUT2D eigenvalue weighted by Gasteiger charge is 2.64. The van der Waals surface area contributed by atoms with Gasteiger partial charge in [0.1, 0.15) is 13.2 Å². The van der Waals surface area contributed by atoms with Gasteiger partial charge in [0, 0.05) is 25.7 Å². The van der Waals surface area contributed by atoms with E-state index in [9.17, 15) is 64.3 Å². The summed E-state index contributed by atoms with van der Waals surface area (Å²) in [6, 6.07) is 0. The maximum Gasteiger partial charge on any atom is 0.351 e. The molecule has 43 heavy (non-hydrogen) atoms. The smallest absolute Gasteiger partial charge is 0.351 e. The number of ether oxygens (including phenoxy) is 3. The second kappa shape index (κ2) is 13.1. The van der Waals surface area contributed by atoms with Crippen LogP contribution >= 0.6 is 0 Å². The van der Waals surface area contributed by atoms with Crippen LogP contribution < -0.4 is 0 Å². The van der Waals surface area contributed by atoms with Crippen LogP contribution in [0.2, 0.25) is 0 Å². The van der Waals surface area contributed by atoms with Crippen molar-refractivity contribution in [1.82, 2.24) is 9.80 Å². The summed E-state index contributed by atoms with van der Waals surface area (Å²) in [7, 11) is -11.6. The molecule has 2 fully saturated rings. The fourth-order valence-corrected chi connectivity index (χ4v) is 6.21. The summed E-state index contributed by atoms with van der Waals surface area (Å²) in [6.45, 7) is -3.21. The summed E-state index contributed by atoms with van der Waals surface area (Å²) in [4.78, 5) is 88.7. The molecule has 21 nitrogen and oxygen atoms in total. The third kappa shape index (κ3) is 6.96. The third-order valence-corrected chi connectivity index (χ3v) is 8.71. The summed E-state index contributed by atoms with van der Waals surface area (Å²) >= 11 is 0. The molecule has 0 aromatic heterocycles. The van der Waals surface area contributed by atoms with Crippen molar-refractivity contribution in [2.24, 2.45) is 0 Å². The Bertz CT molecular complexity index is 1310. The van der Waals surface area contributed by atoms with Crippen molar-refractivity contribution >= 4 is 67.7 Å². The molecule has 4 amide bonds. The van der Waals surface area contributed by atoms with Gasteiger partial charge in [-0.05, 0) is 0 Å². The van der Waals surface area contributed by atoms with E-state index in [4.69, 9.17) is 14.9 Å². The normalized spacial score (nSPS) is 18.7. The van der Waals surface area contributed by atoms with Crippen molar-refractivity contribution < 1.29 is 88.7 Å². The zero-order valence-corrected chi connectivity index (χ0v) is 23.3. The number of carboxylic acids is 2. The van der Waals surface area contributed by atoms with Crippen LogP contribution in [0.5, 0.6) is 0 Å². The van der Waals surface area contributed by atoms with E-state index in [0.717, 1.165) is 0 Å². The van der Waals surface area contributed by atoms with Crippen LogP contribution in [-0.2, 0) is 72.8 Å². The minimum atomic E-state index is -5.81. The van der Waals surface area contributed by atoms with Gasteiger partial charge in [-0.2, -0.15) is 16.8 Å². The standard InChI is InChI=1S/C20H24N2O19S2/c23-11-1-2-12(24)21(11)19(9-15(27)28,42(33,34)35)17(31)40-7-5-39-6-8-41-18(32)20(10-16(29)30,43(36,37)38)22-13(25)3-4-14(22)26/h1-10H2,(H,27,28)(H,29,30)(H,33,34,35)(H,36,37,38). The van der Waals surface area contributed by atoms with E-state index in [-0.39, 0.29) is 9.80 Å². The maximum atomic E-state index is 12.7. The molecule has 2 unspecified atom stereocenters. The van der Waals surface area contributed by atoms with Gasteiger partial charge in [0.15, 0.2) is 0 Å².